The lowest BCUT2D eigenvalue weighted by molar-refractivity contribution is -0.128. The molecule has 0 radical (unpaired) electrons. The van der Waals surface area contributed by atoms with Gasteiger partial charge in [-0.1, -0.05) is 58.0 Å². The van der Waals surface area contributed by atoms with E-state index in [0.29, 0.717) is 32.2 Å². The Balaban J connectivity index is 2.15. The molecule has 0 aromatic heterocycles. The highest BCUT2D eigenvalue weighted by Crippen LogP contribution is 2.11. The first-order chi connectivity index (χ1) is 12.3. The summed E-state index contributed by atoms with van der Waals surface area (Å²) in [6.07, 6.45) is 0. The summed E-state index contributed by atoms with van der Waals surface area (Å²) in [5.74, 6) is 1.13. The summed E-state index contributed by atoms with van der Waals surface area (Å²) in [4.78, 5) is 16.0. The molecular weight excluding hydrogens is 328 g/mol. The van der Waals surface area contributed by atoms with Gasteiger partial charge < -0.3 is 20.7 Å². The molecule has 1 amide bonds. The van der Waals surface area contributed by atoms with Gasteiger partial charge in [-0.2, -0.15) is 0 Å². The summed E-state index contributed by atoms with van der Waals surface area (Å²) in [6.45, 7) is 11.1. The van der Waals surface area contributed by atoms with Crippen LogP contribution in [0.1, 0.15) is 33.3 Å². The van der Waals surface area contributed by atoms with Crippen molar-refractivity contribution < 1.29 is 9.53 Å². The van der Waals surface area contributed by atoms with E-state index in [1.54, 1.807) is 7.05 Å². The number of nitrogens with one attached hydrogen (secondary N) is 3. The van der Waals surface area contributed by atoms with Crippen LogP contribution in [0.25, 0.3) is 0 Å². The van der Waals surface area contributed by atoms with Crippen molar-refractivity contribution in [3.63, 3.8) is 0 Å². The minimum absolute atomic E-state index is 0.0476. The van der Waals surface area contributed by atoms with Crippen molar-refractivity contribution in [2.24, 2.45) is 16.3 Å². The van der Waals surface area contributed by atoms with Gasteiger partial charge in [0.25, 0.3) is 0 Å². The molecule has 0 aliphatic heterocycles. The molecule has 3 N–H and O–H groups in total. The number of aliphatic imine (C=N–C) groups is 1. The van der Waals surface area contributed by atoms with Gasteiger partial charge in [-0.25, -0.2) is 0 Å². The first-order valence-corrected chi connectivity index (χ1v) is 9.17. The molecule has 0 bridgehead atoms. The number of rotatable bonds is 9. The summed E-state index contributed by atoms with van der Waals surface area (Å²) in [5.41, 5.74) is 0.817. The monoisotopic (exact) mass is 362 g/mol. The molecule has 1 rings (SSSR count). The number of ether oxygens (including phenoxy) is 1. The number of amides is 1. The van der Waals surface area contributed by atoms with Crippen LogP contribution in [0.3, 0.4) is 0 Å². The van der Waals surface area contributed by atoms with E-state index in [1.807, 2.05) is 39.0 Å². The topological polar surface area (TPSA) is 74.8 Å². The minimum atomic E-state index is -0.366. The zero-order valence-corrected chi connectivity index (χ0v) is 16.8. The van der Waals surface area contributed by atoms with Gasteiger partial charge in [-0.15, -0.1) is 0 Å². The quantitative estimate of drug-likeness (QED) is 0.358. The lowest BCUT2D eigenvalue weighted by atomic mass is 9.96. The Bertz CT molecular complexity index is 553. The number of carbonyl (C=O) groups excluding carboxylic acids is 1. The lowest BCUT2D eigenvalue weighted by Crippen LogP contribution is -2.44. The van der Waals surface area contributed by atoms with Gasteiger partial charge in [0.15, 0.2) is 5.96 Å². The zero-order chi connectivity index (χ0) is 19.4. The number of carbonyl (C=O) groups is 1. The number of guanidine groups is 1. The second-order valence-electron chi connectivity index (χ2n) is 7.49. The summed E-state index contributed by atoms with van der Waals surface area (Å²) < 4.78 is 5.76. The van der Waals surface area contributed by atoms with E-state index < -0.39 is 0 Å². The molecule has 0 saturated heterocycles. The molecule has 26 heavy (non-hydrogen) atoms. The van der Waals surface area contributed by atoms with Crippen LogP contribution in [0, 0.1) is 11.3 Å². The highest BCUT2D eigenvalue weighted by molar-refractivity contribution is 5.81. The molecule has 0 aliphatic rings. The van der Waals surface area contributed by atoms with E-state index in [0.717, 1.165) is 12.5 Å². The van der Waals surface area contributed by atoms with Gasteiger partial charge in [0, 0.05) is 32.1 Å². The first-order valence-electron chi connectivity index (χ1n) is 9.17. The van der Waals surface area contributed by atoms with E-state index in [4.69, 9.17) is 4.74 Å². The molecular formula is C20H34N4O2. The molecule has 1 atom stereocenters. The van der Waals surface area contributed by atoms with E-state index in [9.17, 15) is 4.79 Å². The molecule has 146 valence electrons. The maximum atomic E-state index is 11.8. The van der Waals surface area contributed by atoms with E-state index in [-0.39, 0.29) is 11.3 Å². The normalized spacial score (nSPS) is 13.2. The third kappa shape index (κ3) is 9.42. The molecule has 6 heteroatoms. The van der Waals surface area contributed by atoms with Crippen LogP contribution in [0.15, 0.2) is 35.3 Å². The Hall–Kier alpha value is -2.08. The van der Waals surface area contributed by atoms with E-state index in [1.165, 1.54) is 5.56 Å². The fraction of sp³-hybridized carbons (Fsp3) is 0.600. The number of hydrogen-bond donors (Lipinski definition) is 3. The number of nitrogens with zero attached hydrogens (tertiary/aromatic N) is 1. The van der Waals surface area contributed by atoms with Crippen molar-refractivity contribution in [3.8, 4) is 0 Å². The third-order valence-corrected chi connectivity index (χ3v) is 3.74. The molecule has 0 aliphatic carbocycles. The summed E-state index contributed by atoms with van der Waals surface area (Å²) in [6, 6.07) is 10.2. The van der Waals surface area contributed by atoms with Crippen LogP contribution in [0.5, 0.6) is 0 Å². The smallest absolute Gasteiger partial charge is 0.225 e. The van der Waals surface area contributed by atoms with Gasteiger partial charge >= 0.3 is 0 Å². The highest BCUT2D eigenvalue weighted by Gasteiger charge is 2.20. The second-order valence-corrected chi connectivity index (χ2v) is 7.49. The third-order valence-electron chi connectivity index (χ3n) is 3.74. The van der Waals surface area contributed by atoms with E-state index >= 15 is 0 Å². The predicted molar refractivity (Wildman–Crippen MR) is 107 cm³/mol. The Morgan fingerprint density at radius 3 is 2.38 bits per heavy atom. The Morgan fingerprint density at radius 2 is 1.77 bits per heavy atom. The molecule has 1 unspecified atom stereocenters. The molecule has 6 nitrogen and oxygen atoms in total. The number of hydrogen-bond acceptors (Lipinski definition) is 3. The summed E-state index contributed by atoms with van der Waals surface area (Å²) in [5, 5.41) is 9.39. The first kappa shape index (κ1) is 22.0. The largest absolute Gasteiger partial charge is 0.376 e. The van der Waals surface area contributed by atoms with Crippen molar-refractivity contribution in [3.05, 3.63) is 35.9 Å². The van der Waals surface area contributed by atoms with Crippen LogP contribution in [-0.2, 0) is 16.1 Å². The van der Waals surface area contributed by atoms with Crippen molar-refractivity contribution in [1.82, 2.24) is 16.0 Å². The van der Waals surface area contributed by atoms with Crippen molar-refractivity contribution >= 4 is 11.9 Å². The average Bonchev–Trinajstić information content (AvgIpc) is 2.61. The fourth-order valence-electron chi connectivity index (χ4n) is 2.12. The van der Waals surface area contributed by atoms with Gasteiger partial charge in [0.2, 0.25) is 5.91 Å². The van der Waals surface area contributed by atoms with Gasteiger partial charge in [-0.3, -0.25) is 9.79 Å². The maximum Gasteiger partial charge on any atom is 0.225 e. The lowest BCUT2D eigenvalue weighted by Gasteiger charge is -2.19. The Morgan fingerprint density at radius 1 is 1.12 bits per heavy atom. The van der Waals surface area contributed by atoms with Crippen molar-refractivity contribution in [2.45, 2.75) is 34.3 Å². The highest BCUT2D eigenvalue weighted by atomic mass is 16.5. The van der Waals surface area contributed by atoms with Gasteiger partial charge in [0.05, 0.1) is 13.2 Å². The summed E-state index contributed by atoms with van der Waals surface area (Å²) >= 11 is 0. The van der Waals surface area contributed by atoms with Crippen LogP contribution >= 0.6 is 0 Å². The zero-order valence-electron chi connectivity index (χ0n) is 16.8. The SMILES string of the molecule is CN=C(NCCNC(=O)C(C)(C)C)NCC(C)COCc1ccccc1. The molecule has 0 heterocycles. The molecule has 0 fully saturated rings. The van der Waals surface area contributed by atoms with Gasteiger partial charge in [-0.05, 0) is 11.5 Å². The van der Waals surface area contributed by atoms with Crippen LogP contribution in [0.2, 0.25) is 0 Å². The number of benzene rings is 1. The van der Waals surface area contributed by atoms with Crippen LogP contribution < -0.4 is 16.0 Å². The Labute approximate surface area is 157 Å². The molecule has 0 spiro atoms. The fourth-order valence-corrected chi connectivity index (χ4v) is 2.12. The second kappa shape index (κ2) is 11.5. The predicted octanol–water partition coefficient (Wildman–Crippen LogP) is 2.17. The molecule has 0 saturated carbocycles. The maximum absolute atomic E-state index is 11.8. The Kier molecular flexibility index (Phi) is 9.73. The van der Waals surface area contributed by atoms with Crippen molar-refractivity contribution in [1.29, 1.82) is 0 Å². The van der Waals surface area contributed by atoms with Crippen LogP contribution in [-0.4, -0.2) is 45.2 Å². The van der Waals surface area contributed by atoms with E-state index in [2.05, 4.69) is 40.0 Å². The van der Waals surface area contributed by atoms with Crippen LogP contribution in [0.4, 0.5) is 0 Å². The molecule has 1 aromatic carbocycles. The molecule has 1 aromatic rings. The van der Waals surface area contributed by atoms with Crippen molar-refractivity contribution in [2.75, 3.05) is 33.3 Å². The minimum Gasteiger partial charge on any atom is -0.376 e. The summed E-state index contributed by atoms with van der Waals surface area (Å²) in [7, 11) is 1.74. The van der Waals surface area contributed by atoms with Gasteiger partial charge in [0.1, 0.15) is 0 Å². The average molecular weight is 363 g/mol. The standard InChI is InChI=1S/C20H34N4O2/c1-16(14-26-15-17-9-7-6-8-10-17)13-24-19(21-5)23-12-11-22-18(25)20(2,3)4/h6-10,16H,11-15H2,1-5H3,(H,22,25)(H2,21,23,24).